The molecule has 2 aromatic rings. The maximum atomic E-state index is 13.5. The molecule has 0 unspecified atom stereocenters. The van der Waals surface area contributed by atoms with Crippen molar-refractivity contribution in [2.45, 2.75) is 31.3 Å². The maximum Gasteiger partial charge on any atom is 0.254 e. The van der Waals surface area contributed by atoms with Crippen molar-refractivity contribution in [2.24, 2.45) is 0 Å². The Balaban J connectivity index is 1.27. The minimum Gasteiger partial charge on any atom is -0.497 e. The molecule has 0 aromatic heterocycles. The van der Waals surface area contributed by atoms with Crippen molar-refractivity contribution < 1.29 is 19.1 Å². The third kappa shape index (κ3) is 4.17. The van der Waals surface area contributed by atoms with E-state index in [4.69, 9.17) is 9.47 Å². The molecule has 3 aliphatic heterocycles. The van der Waals surface area contributed by atoms with E-state index in [9.17, 15) is 9.59 Å². The van der Waals surface area contributed by atoms with E-state index in [2.05, 4.69) is 11.0 Å². The molecule has 174 valence electrons. The summed E-state index contributed by atoms with van der Waals surface area (Å²) in [5.41, 5.74) is 2.45. The summed E-state index contributed by atoms with van der Waals surface area (Å²) >= 11 is 0. The Labute approximate surface area is 194 Å². The number of rotatable bonds is 5. The third-order valence-corrected chi connectivity index (χ3v) is 7.35. The summed E-state index contributed by atoms with van der Waals surface area (Å²) in [6.45, 7) is 4.65. The average Bonchev–Trinajstić information content (AvgIpc) is 3.22. The highest BCUT2D eigenvalue weighted by Crippen LogP contribution is 2.38. The lowest BCUT2D eigenvalue weighted by atomic mass is 9.84. The topological polar surface area (TPSA) is 62.3 Å². The summed E-state index contributed by atoms with van der Waals surface area (Å²) < 4.78 is 11.0. The zero-order valence-electron chi connectivity index (χ0n) is 19.2. The highest BCUT2D eigenvalue weighted by Gasteiger charge is 2.46. The van der Waals surface area contributed by atoms with Crippen LogP contribution in [0.4, 0.5) is 5.69 Å². The van der Waals surface area contributed by atoms with Crippen LogP contribution in [0.1, 0.15) is 35.2 Å². The van der Waals surface area contributed by atoms with Crippen LogP contribution in [0.15, 0.2) is 48.5 Å². The lowest BCUT2D eigenvalue weighted by Crippen LogP contribution is -2.56. The fourth-order valence-corrected chi connectivity index (χ4v) is 5.35. The van der Waals surface area contributed by atoms with E-state index in [0.717, 1.165) is 35.7 Å². The van der Waals surface area contributed by atoms with E-state index in [1.54, 1.807) is 7.11 Å². The van der Waals surface area contributed by atoms with E-state index in [1.165, 1.54) is 0 Å². The van der Waals surface area contributed by atoms with Gasteiger partial charge >= 0.3 is 0 Å². The molecule has 0 atom stereocenters. The van der Waals surface area contributed by atoms with Crippen molar-refractivity contribution in [2.75, 3.05) is 51.4 Å². The summed E-state index contributed by atoms with van der Waals surface area (Å²) in [4.78, 5) is 32.9. The molecule has 0 N–H and O–H groups in total. The van der Waals surface area contributed by atoms with Gasteiger partial charge in [0, 0.05) is 63.3 Å². The number of amides is 2. The molecule has 2 saturated heterocycles. The van der Waals surface area contributed by atoms with Crippen LogP contribution >= 0.6 is 0 Å². The van der Waals surface area contributed by atoms with Crippen LogP contribution in [-0.4, -0.2) is 73.7 Å². The maximum absolute atomic E-state index is 13.5. The van der Waals surface area contributed by atoms with Crippen LogP contribution in [0, 0.1) is 0 Å². The van der Waals surface area contributed by atoms with Gasteiger partial charge in [-0.15, -0.1) is 0 Å². The molecule has 2 amide bonds. The smallest absolute Gasteiger partial charge is 0.254 e. The lowest BCUT2D eigenvalue weighted by molar-refractivity contribution is -0.136. The number of fused-ring (bicyclic) bond motifs is 1. The Morgan fingerprint density at radius 3 is 2.52 bits per heavy atom. The van der Waals surface area contributed by atoms with Gasteiger partial charge in [0.1, 0.15) is 5.75 Å². The Bertz CT molecular complexity index is 1030. The number of hydrogen-bond acceptors (Lipinski definition) is 5. The van der Waals surface area contributed by atoms with Crippen LogP contribution in [0.25, 0.3) is 0 Å². The summed E-state index contributed by atoms with van der Waals surface area (Å²) in [6, 6.07) is 15.8. The van der Waals surface area contributed by atoms with Crippen LogP contribution < -0.4 is 9.64 Å². The molecule has 7 heteroatoms. The number of nitrogens with zero attached hydrogens (tertiary/aromatic N) is 3. The van der Waals surface area contributed by atoms with Gasteiger partial charge in [0.05, 0.1) is 19.1 Å². The van der Waals surface area contributed by atoms with Crippen molar-refractivity contribution in [1.82, 2.24) is 9.80 Å². The van der Waals surface area contributed by atoms with E-state index in [0.29, 0.717) is 52.1 Å². The largest absolute Gasteiger partial charge is 0.497 e. The monoisotopic (exact) mass is 449 g/mol. The second-order valence-electron chi connectivity index (χ2n) is 9.13. The van der Waals surface area contributed by atoms with Gasteiger partial charge in [-0.3, -0.25) is 9.59 Å². The molecule has 2 aromatic carbocycles. The number of ether oxygens (including phenoxy) is 2. The molecule has 2 fully saturated rings. The Hall–Kier alpha value is -3.06. The minimum atomic E-state index is -0.477. The number of hydrogen-bond donors (Lipinski definition) is 0. The molecule has 0 saturated carbocycles. The number of carbonyl (C=O) groups excluding carboxylic acids is 2. The fourth-order valence-electron chi connectivity index (χ4n) is 5.35. The molecule has 0 aliphatic carbocycles. The van der Waals surface area contributed by atoms with E-state index in [-0.39, 0.29) is 11.8 Å². The lowest BCUT2D eigenvalue weighted by Gasteiger charge is -2.45. The first-order valence-corrected chi connectivity index (χ1v) is 11.7. The Morgan fingerprint density at radius 1 is 1.03 bits per heavy atom. The van der Waals surface area contributed by atoms with Gasteiger partial charge in [0.2, 0.25) is 5.91 Å². The molecular formula is C26H31N3O4. The number of methoxy groups -OCH3 is 1. The van der Waals surface area contributed by atoms with Gasteiger partial charge in [0.25, 0.3) is 5.91 Å². The molecule has 3 aliphatic rings. The first-order valence-electron chi connectivity index (χ1n) is 11.7. The summed E-state index contributed by atoms with van der Waals surface area (Å²) in [7, 11) is 1.67. The zero-order valence-corrected chi connectivity index (χ0v) is 19.2. The first kappa shape index (κ1) is 21.8. The molecule has 5 rings (SSSR count). The van der Waals surface area contributed by atoms with Crippen LogP contribution in [-0.2, 0) is 16.1 Å². The highest BCUT2D eigenvalue weighted by molar-refractivity contribution is 5.99. The summed E-state index contributed by atoms with van der Waals surface area (Å²) in [5, 5.41) is 0. The Morgan fingerprint density at radius 2 is 1.79 bits per heavy atom. The van der Waals surface area contributed by atoms with Crippen molar-refractivity contribution in [3.8, 4) is 5.75 Å². The van der Waals surface area contributed by atoms with Gasteiger partial charge in [-0.1, -0.05) is 24.3 Å². The second kappa shape index (κ2) is 9.06. The summed E-state index contributed by atoms with van der Waals surface area (Å²) in [6.07, 6.45) is 1.75. The number of piperazine rings is 1. The van der Waals surface area contributed by atoms with Crippen molar-refractivity contribution in [3.63, 3.8) is 0 Å². The van der Waals surface area contributed by atoms with E-state index < -0.39 is 5.54 Å². The summed E-state index contributed by atoms with van der Waals surface area (Å²) in [5.74, 6) is 1.01. The average molecular weight is 450 g/mol. The van der Waals surface area contributed by atoms with Crippen molar-refractivity contribution >= 4 is 17.5 Å². The van der Waals surface area contributed by atoms with Gasteiger partial charge < -0.3 is 24.2 Å². The normalized spacial score (nSPS) is 20.0. The van der Waals surface area contributed by atoms with Crippen LogP contribution in [0.3, 0.4) is 0 Å². The number of benzene rings is 2. The predicted molar refractivity (Wildman–Crippen MR) is 126 cm³/mol. The van der Waals surface area contributed by atoms with Gasteiger partial charge in [0.15, 0.2) is 0 Å². The van der Waals surface area contributed by atoms with Crippen LogP contribution in [0.2, 0.25) is 0 Å². The Kier molecular flexibility index (Phi) is 5.98. The van der Waals surface area contributed by atoms with Gasteiger partial charge in [-0.05, 0) is 36.6 Å². The standard InChI is InChI=1S/C26H31N3O4/c1-32-22-7-4-6-21(17-22)27-11-13-28(14-12-27)24(30)18-26(9-15-33-16-10-26)29-19-20-5-2-3-8-23(20)25(29)31/h2-8,17H,9-16,18-19H2,1H3. The minimum absolute atomic E-state index is 0.0446. The molecule has 0 spiro atoms. The number of anilines is 1. The van der Waals surface area contributed by atoms with E-state index in [1.807, 2.05) is 52.3 Å². The first-order chi connectivity index (χ1) is 16.1. The third-order valence-electron chi connectivity index (χ3n) is 7.35. The molecular weight excluding hydrogens is 418 g/mol. The molecule has 0 radical (unpaired) electrons. The van der Waals surface area contributed by atoms with Crippen molar-refractivity contribution in [3.05, 3.63) is 59.7 Å². The van der Waals surface area contributed by atoms with Gasteiger partial charge in [-0.2, -0.15) is 0 Å². The van der Waals surface area contributed by atoms with Gasteiger partial charge in [-0.25, -0.2) is 0 Å². The van der Waals surface area contributed by atoms with Crippen molar-refractivity contribution in [1.29, 1.82) is 0 Å². The number of carbonyl (C=O) groups is 2. The SMILES string of the molecule is COc1cccc(N2CCN(C(=O)CC3(N4Cc5ccccc5C4=O)CCOCC3)CC2)c1. The molecule has 0 bridgehead atoms. The molecule has 7 nitrogen and oxygen atoms in total. The van der Waals surface area contributed by atoms with E-state index >= 15 is 0 Å². The zero-order chi connectivity index (χ0) is 22.8. The quantitative estimate of drug-likeness (QED) is 0.703. The predicted octanol–water partition coefficient (Wildman–Crippen LogP) is 2.94. The molecule has 33 heavy (non-hydrogen) atoms. The fraction of sp³-hybridized carbons (Fsp3) is 0.462. The van der Waals surface area contributed by atoms with Crippen LogP contribution in [0.5, 0.6) is 5.75 Å². The molecule has 3 heterocycles. The second-order valence-corrected chi connectivity index (χ2v) is 9.13. The highest BCUT2D eigenvalue weighted by atomic mass is 16.5.